The zero-order valence-corrected chi connectivity index (χ0v) is 83.5. The molecular formula is C114H134BrN3O26. The fourth-order valence-corrected chi connectivity index (χ4v) is 18.0. The molecule has 0 aromatic heterocycles. The van der Waals surface area contributed by atoms with Crippen molar-refractivity contribution in [1.29, 1.82) is 0 Å². The molecule has 1 N–H and O–H groups in total. The molecule has 8 aliphatic heterocycles. The van der Waals surface area contributed by atoms with Gasteiger partial charge in [0.1, 0.15) is 34.5 Å². The summed E-state index contributed by atoms with van der Waals surface area (Å²) in [6, 6.07) is 65.4. The molecule has 30 heteroatoms. The van der Waals surface area contributed by atoms with Gasteiger partial charge in [0.15, 0.2) is 69.1 Å². The van der Waals surface area contributed by atoms with Crippen molar-refractivity contribution in [3.8, 4) is 86.2 Å². The molecule has 8 unspecified atom stereocenters. The smallest absolute Gasteiger partial charge is 0.334 e. The third kappa shape index (κ3) is 26.9. The fraction of sp³-hybridized carbons (Fsp3) is 0.377. The first kappa shape index (κ1) is 112. The van der Waals surface area contributed by atoms with Gasteiger partial charge >= 0.3 is 5.97 Å². The van der Waals surface area contributed by atoms with Crippen LogP contribution in [0.2, 0.25) is 0 Å². The molecule has 1 saturated heterocycles. The fourth-order valence-electron chi connectivity index (χ4n) is 17.8. The lowest BCUT2D eigenvalue weighted by Gasteiger charge is -2.27. The number of aliphatic carboxylic acids is 1. The molecule has 0 aliphatic carbocycles. The summed E-state index contributed by atoms with van der Waals surface area (Å²) in [5.74, 6) is 8.34. The third-order valence-electron chi connectivity index (χ3n) is 25.3. The third-order valence-corrected chi connectivity index (χ3v) is 26.5. The highest BCUT2D eigenvalue weighted by Crippen LogP contribution is 2.51. The van der Waals surface area contributed by atoms with E-state index in [-0.39, 0.29) is 137 Å². The number of alkyl halides is 1. The van der Waals surface area contributed by atoms with E-state index in [9.17, 15) is 38.7 Å². The predicted octanol–water partition coefficient (Wildman–Crippen LogP) is 22.3. The highest BCUT2D eigenvalue weighted by Gasteiger charge is 2.48. The minimum absolute atomic E-state index is 0. The SMILES string of the molecule is C.C.C.CC(=O)C(Br)c1ccc2c(c1)OCO2.CCC(=O)c1ccc(OC)cc1.CCOCCCN1C(=O)C(c2ccc3c(c2)OCO3)C(C(=O)O)=C1c1ccc(OC)cc1.CCOCCCN1C(=O)C(c2ccc3c(c2)OCO3)C(C)=C1c1ccc(OC)cc1.CCOCCCN1C(=O)C(c2ccc3c(c2)OCO3)C(C)C1c1ccc(OC)cc1.COc1ccc(C(=O)C(C)C(C)c2ccc3c(c2)OCO3)cc1. The summed E-state index contributed by atoms with van der Waals surface area (Å²) in [5, 5.41) is 10.2. The maximum absolute atomic E-state index is 13.6. The average Bonchev–Trinajstić information content (AvgIpc) is 1.61. The molecular weight excluding hydrogens is 1910 g/mol. The van der Waals surface area contributed by atoms with Crippen LogP contribution in [0.4, 0.5) is 0 Å². The molecule has 29 nitrogen and oxygen atoms in total. The van der Waals surface area contributed by atoms with Crippen LogP contribution < -0.4 is 71.1 Å². The average molecular weight is 2040 g/mol. The van der Waals surface area contributed by atoms with Gasteiger partial charge in [-0.15, -0.1) is 0 Å². The van der Waals surface area contributed by atoms with E-state index in [2.05, 4.69) is 41.9 Å². The Labute approximate surface area is 852 Å². The zero-order valence-electron chi connectivity index (χ0n) is 81.9. The Morgan fingerprint density at radius 2 is 0.750 bits per heavy atom. The van der Waals surface area contributed by atoms with Crippen molar-refractivity contribution in [3.05, 3.63) is 279 Å². The molecule has 8 heterocycles. The predicted molar refractivity (Wildman–Crippen MR) is 553 cm³/mol. The maximum atomic E-state index is 13.6. The number of carboxylic acids is 1. The molecule has 3 amide bonds. The number of hydrogen-bond acceptors (Lipinski definition) is 25. The highest BCUT2D eigenvalue weighted by atomic mass is 79.9. The Morgan fingerprint density at radius 3 is 1.17 bits per heavy atom. The maximum Gasteiger partial charge on any atom is 0.334 e. The van der Waals surface area contributed by atoms with E-state index in [0.717, 1.165) is 115 Å². The number of carbonyl (C=O) groups excluding carboxylic acids is 6. The molecule has 768 valence electrons. The summed E-state index contributed by atoms with van der Waals surface area (Å²) in [5.41, 5.74) is 11.0. The van der Waals surface area contributed by atoms with Crippen molar-refractivity contribution < 1.29 is 124 Å². The number of rotatable bonds is 35. The van der Waals surface area contributed by atoms with Gasteiger partial charge in [0.05, 0.1) is 81.1 Å². The van der Waals surface area contributed by atoms with Crippen LogP contribution in [0, 0.1) is 11.8 Å². The van der Waals surface area contributed by atoms with Gasteiger partial charge in [-0.1, -0.05) is 108 Å². The lowest BCUT2D eigenvalue weighted by molar-refractivity contribution is -0.134. The van der Waals surface area contributed by atoms with Gasteiger partial charge < -0.3 is 105 Å². The number of ketones is 3. The number of methoxy groups -OCH3 is 5. The Hall–Kier alpha value is -14.1. The van der Waals surface area contributed by atoms with Crippen LogP contribution in [0.15, 0.2) is 223 Å². The molecule has 10 aromatic carbocycles. The van der Waals surface area contributed by atoms with E-state index in [1.165, 1.54) is 0 Å². The number of halogens is 1. The van der Waals surface area contributed by atoms with Crippen LogP contribution in [0.5, 0.6) is 86.2 Å². The van der Waals surface area contributed by atoms with Gasteiger partial charge in [-0.05, 0) is 286 Å². The van der Waals surface area contributed by atoms with E-state index >= 15 is 0 Å². The van der Waals surface area contributed by atoms with Crippen molar-refractivity contribution in [3.63, 3.8) is 0 Å². The first-order valence-electron chi connectivity index (χ1n) is 47.1. The van der Waals surface area contributed by atoms with Gasteiger partial charge in [0.25, 0.3) is 0 Å². The summed E-state index contributed by atoms with van der Waals surface area (Å²) in [7, 11) is 8.09. The van der Waals surface area contributed by atoms with Crippen LogP contribution in [0.3, 0.4) is 0 Å². The van der Waals surface area contributed by atoms with Gasteiger partial charge in [0, 0.05) is 82.7 Å². The summed E-state index contributed by atoms with van der Waals surface area (Å²) in [6.45, 7) is 23.9. The summed E-state index contributed by atoms with van der Waals surface area (Å²) < 4.78 is 96.2. The lowest BCUT2D eigenvalue weighted by atomic mass is 9.83. The Balaban J connectivity index is 0.000000181. The number of ether oxygens (including phenoxy) is 18. The molecule has 144 heavy (non-hydrogen) atoms. The number of amides is 3. The minimum Gasteiger partial charge on any atom is -0.497 e. The second-order valence-electron chi connectivity index (χ2n) is 33.9. The topological polar surface area (TPSA) is 316 Å². The summed E-state index contributed by atoms with van der Waals surface area (Å²) in [6.07, 6.45) is 2.72. The molecule has 0 radical (unpaired) electrons. The van der Waals surface area contributed by atoms with E-state index in [1.807, 2.05) is 185 Å². The lowest BCUT2D eigenvalue weighted by Crippen LogP contribution is -2.31. The molecule has 10 aromatic rings. The van der Waals surface area contributed by atoms with Gasteiger partial charge in [0.2, 0.25) is 51.7 Å². The number of Topliss-reactive ketones (excluding diaryl/α,β-unsaturated/α-hetero) is 3. The molecule has 8 aliphatic rings. The number of carboxylic acid groups (broad SMARTS) is 1. The quantitative estimate of drug-likeness (QED) is 0.0219. The Kier molecular flexibility index (Phi) is 41.9. The minimum atomic E-state index is -1.14. The van der Waals surface area contributed by atoms with Gasteiger partial charge in [-0.25, -0.2) is 4.79 Å². The first-order valence-corrected chi connectivity index (χ1v) is 48.0. The van der Waals surface area contributed by atoms with E-state index in [1.54, 1.807) is 114 Å². The van der Waals surface area contributed by atoms with Crippen LogP contribution in [-0.4, -0.2) is 190 Å². The number of hydrogen-bond donors (Lipinski definition) is 1. The number of nitrogens with zero attached hydrogens (tertiary/aromatic N) is 3. The second kappa shape index (κ2) is 53.9. The van der Waals surface area contributed by atoms with Crippen molar-refractivity contribution >= 4 is 68.4 Å². The first-order chi connectivity index (χ1) is 68.4. The monoisotopic (exact) mass is 2040 g/mol. The summed E-state index contributed by atoms with van der Waals surface area (Å²) >= 11 is 3.31. The molecule has 0 saturated carbocycles. The van der Waals surface area contributed by atoms with Crippen LogP contribution >= 0.6 is 15.9 Å². The standard InChI is InChI=1S/C24H25NO7.C24H29NO5.C24H27NO5.C19H20O4.C10H9BrO3.C10H12O2.3CH4/c1-3-30-12-4-11-25-22(15-5-8-17(29-2)9-6-15)21(24(27)28)20(23(25)26)16-7-10-18-19(13-16)32-14-31-18;2*1-4-28-13-5-12-25-23(17-6-9-19(27-3)10-7-17)16(2)22(24(25)26)18-8-11-20-21(14-18)30-15-29-20;1-12(15-6-9-17-18(10-15)23-11-22-17)13(2)19(20)14-4-7-16(21-3)8-5-14;1-6(12)10(11)7-2-3-8-9(4-7)14-5-13-8;1-3-10(11)8-4-6-9(12-2)7-5-8;;;/h5-10,13,20H,3-4,11-12,14H2,1-2H3,(H,27,28);6-11,14,16,22-23H,4-5,12-13,15H2,1-3H3;6-11,14,22H,4-5,12-13,15H2,1-3H3;4-10,12-13H,11H2,1-3H3;2-4,10H,5H2,1H3;4-7H,3H2,1-2H3;3*1H4. The molecule has 0 bridgehead atoms. The van der Waals surface area contributed by atoms with Crippen LogP contribution in [-0.2, 0) is 38.2 Å². The Morgan fingerprint density at radius 1 is 0.410 bits per heavy atom. The van der Waals surface area contributed by atoms with E-state index in [4.69, 9.17) is 85.3 Å². The number of carbonyl (C=O) groups is 7. The van der Waals surface area contributed by atoms with Crippen molar-refractivity contribution in [1.82, 2.24) is 14.7 Å². The van der Waals surface area contributed by atoms with E-state index < -0.39 is 11.9 Å². The number of fused-ring (bicyclic) bond motifs is 5. The molecule has 8 atom stereocenters. The number of benzene rings is 10. The summed E-state index contributed by atoms with van der Waals surface area (Å²) in [4.78, 5) is 93.3. The molecule has 18 rings (SSSR count). The second-order valence-corrected chi connectivity index (χ2v) is 34.8. The van der Waals surface area contributed by atoms with Gasteiger partial charge in [-0.2, -0.15) is 0 Å². The Bertz CT molecular complexity index is 6050. The van der Waals surface area contributed by atoms with Crippen LogP contribution in [0.25, 0.3) is 11.4 Å². The van der Waals surface area contributed by atoms with E-state index in [0.29, 0.717) is 129 Å². The number of likely N-dealkylation sites (tertiary alicyclic amines) is 1. The van der Waals surface area contributed by atoms with Gasteiger partial charge in [-0.3, -0.25) is 28.8 Å². The largest absolute Gasteiger partial charge is 0.497 e. The van der Waals surface area contributed by atoms with Crippen molar-refractivity contribution in [2.75, 3.05) is 129 Å². The van der Waals surface area contributed by atoms with Crippen LogP contribution in [0.1, 0.15) is 210 Å². The van der Waals surface area contributed by atoms with Crippen molar-refractivity contribution in [2.45, 2.75) is 145 Å². The molecule has 0 spiro atoms. The highest BCUT2D eigenvalue weighted by molar-refractivity contribution is 9.09. The zero-order chi connectivity index (χ0) is 100. The normalized spacial score (nSPS) is 16.9. The van der Waals surface area contributed by atoms with Crippen molar-refractivity contribution in [2.24, 2.45) is 11.8 Å². The molecule has 1 fully saturated rings.